The molecule has 0 aromatic heterocycles. The van der Waals surface area contributed by atoms with Crippen molar-refractivity contribution in [2.75, 3.05) is 39.8 Å². The van der Waals surface area contributed by atoms with Gasteiger partial charge in [-0.2, -0.15) is 0 Å². The largest absolute Gasteiger partial charge is 0.345 e. The molecular weight excluding hydrogens is 326 g/mol. The minimum absolute atomic E-state index is 0.0507. The van der Waals surface area contributed by atoms with Crippen LogP contribution in [0, 0.1) is 5.41 Å². The van der Waals surface area contributed by atoms with Gasteiger partial charge in [0.25, 0.3) is 0 Å². The Labute approximate surface area is 158 Å². The summed E-state index contributed by atoms with van der Waals surface area (Å²) in [7, 11) is 1.80. The number of unbranched alkanes of at least 4 members (excludes halogenated alkanes) is 1. The second-order valence-electron chi connectivity index (χ2n) is 7.76. The molecular formula is C21H33N3O2. The summed E-state index contributed by atoms with van der Waals surface area (Å²) < 4.78 is 0. The van der Waals surface area contributed by atoms with Crippen molar-refractivity contribution in [3.8, 4) is 0 Å². The molecule has 0 saturated carbocycles. The summed E-state index contributed by atoms with van der Waals surface area (Å²) in [5.41, 5.74) is 0.296. The molecule has 1 fully saturated rings. The highest BCUT2D eigenvalue weighted by Crippen LogP contribution is 2.23. The van der Waals surface area contributed by atoms with E-state index < -0.39 is 5.41 Å². The van der Waals surface area contributed by atoms with Crippen molar-refractivity contribution in [1.29, 1.82) is 0 Å². The molecule has 5 nitrogen and oxygen atoms in total. The van der Waals surface area contributed by atoms with E-state index in [0.717, 1.165) is 32.5 Å². The van der Waals surface area contributed by atoms with Gasteiger partial charge in [-0.05, 0) is 25.8 Å². The van der Waals surface area contributed by atoms with Crippen LogP contribution in [0.1, 0.15) is 39.2 Å². The molecule has 1 aliphatic rings. The van der Waals surface area contributed by atoms with Gasteiger partial charge < -0.3 is 9.80 Å². The molecule has 0 atom stereocenters. The van der Waals surface area contributed by atoms with Gasteiger partial charge in [0.1, 0.15) is 5.41 Å². The first-order valence-corrected chi connectivity index (χ1v) is 9.67. The number of amides is 2. The maximum Gasteiger partial charge on any atom is 0.237 e. The van der Waals surface area contributed by atoms with Gasteiger partial charge in [-0.15, -0.1) is 0 Å². The van der Waals surface area contributed by atoms with Crippen molar-refractivity contribution in [2.24, 2.45) is 5.41 Å². The van der Waals surface area contributed by atoms with Crippen LogP contribution in [-0.4, -0.2) is 66.3 Å². The fraction of sp³-hybridized carbons (Fsp3) is 0.619. The molecule has 0 unspecified atom stereocenters. The molecule has 0 aliphatic carbocycles. The van der Waals surface area contributed by atoms with Crippen LogP contribution < -0.4 is 0 Å². The molecule has 1 saturated heterocycles. The van der Waals surface area contributed by atoms with Crippen molar-refractivity contribution in [2.45, 2.75) is 40.2 Å². The van der Waals surface area contributed by atoms with Crippen molar-refractivity contribution in [3.63, 3.8) is 0 Å². The monoisotopic (exact) mass is 359 g/mol. The van der Waals surface area contributed by atoms with Gasteiger partial charge in [0.05, 0.1) is 0 Å². The second-order valence-corrected chi connectivity index (χ2v) is 7.76. The zero-order chi connectivity index (χ0) is 19.2. The second kappa shape index (κ2) is 9.17. The number of benzene rings is 1. The minimum atomic E-state index is -0.996. The molecule has 0 N–H and O–H groups in total. The van der Waals surface area contributed by atoms with E-state index in [9.17, 15) is 9.59 Å². The first-order chi connectivity index (χ1) is 12.4. The average Bonchev–Trinajstić information content (AvgIpc) is 2.66. The number of carbonyl (C=O) groups excluding carboxylic acids is 2. The van der Waals surface area contributed by atoms with E-state index in [0.29, 0.717) is 19.6 Å². The molecule has 1 aliphatic heterocycles. The molecule has 1 heterocycles. The average molecular weight is 360 g/mol. The molecule has 2 amide bonds. The van der Waals surface area contributed by atoms with E-state index in [1.165, 1.54) is 5.56 Å². The van der Waals surface area contributed by atoms with Crippen molar-refractivity contribution >= 4 is 11.8 Å². The van der Waals surface area contributed by atoms with Gasteiger partial charge in [0, 0.05) is 46.3 Å². The standard InChI is InChI=1S/C21H33N3O2/c1-5-6-12-22(4)19(25)21(2,3)20(26)24-15-13-23(14-16-24)17-18-10-8-7-9-11-18/h7-11H,5-6,12-17H2,1-4H3. The Balaban J connectivity index is 1.89. The van der Waals surface area contributed by atoms with E-state index in [2.05, 4.69) is 36.1 Å². The maximum absolute atomic E-state index is 13.0. The lowest BCUT2D eigenvalue weighted by Gasteiger charge is -2.39. The quantitative estimate of drug-likeness (QED) is 0.703. The lowest BCUT2D eigenvalue weighted by molar-refractivity contribution is -0.154. The Morgan fingerprint density at radius 1 is 1.08 bits per heavy atom. The first kappa shape index (κ1) is 20.4. The summed E-state index contributed by atoms with van der Waals surface area (Å²) >= 11 is 0. The van der Waals surface area contributed by atoms with E-state index in [-0.39, 0.29) is 11.8 Å². The van der Waals surface area contributed by atoms with Crippen LogP contribution in [0.5, 0.6) is 0 Å². The van der Waals surface area contributed by atoms with Crippen LogP contribution >= 0.6 is 0 Å². The van der Waals surface area contributed by atoms with Crippen LogP contribution in [0.15, 0.2) is 30.3 Å². The molecule has 2 rings (SSSR count). The Morgan fingerprint density at radius 3 is 2.27 bits per heavy atom. The van der Waals surface area contributed by atoms with E-state index in [4.69, 9.17) is 0 Å². The number of hydrogen-bond acceptors (Lipinski definition) is 3. The molecule has 0 bridgehead atoms. The van der Waals surface area contributed by atoms with Gasteiger partial charge in [-0.3, -0.25) is 14.5 Å². The lowest BCUT2D eigenvalue weighted by atomic mass is 9.89. The smallest absolute Gasteiger partial charge is 0.237 e. The summed E-state index contributed by atoms with van der Waals surface area (Å²) in [6, 6.07) is 10.4. The Bertz CT molecular complexity index is 593. The van der Waals surface area contributed by atoms with Gasteiger partial charge >= 0.3 is 0 Å². The summed E-state index contributed by atoms with van der Waals surface area (Å²) in [6.45, 7) is 10.3. The third-order valence-corrected chi connectivity index (χ3v) is 5.17. The third kappa shape index (κ3) is 5.07. The Morgan fingerprint density at radius 2 is 1.69 bits per heavy atom. The fourth-order valence-electron chi connectivity index (χ4n) is 3.41. The molecule has 1 aromatic carbocycles. The molecule has 0 spiro atoms. The molecule has 0 radical (unpaired) electrons. The van der Waals surface area contributed by atoms with Gasteiger partial charge in [-0.25, -0.2) is 0 Å². The van der Waals surface area contributed by atoms with E-state index in [1.807, 2.05) is 11.0 Å². The van der Waals surface area contributed by atoms with Crippen LogP contribution in [0.25, 0.3) is 0 Å². The minimum Gasteiger partial charge on any atom is -0.345 e. The summed E-state index contributed by atoms with van der Waals surface area (Å²) in [5, 5.41) is 0. The Kier molecular flexibility index (Phi) is 7.21. The summed E-state index contributed by atoms with van der Waals surface area (Å²) in [6.07, 6.45) is 2.00. The third-order valence-electron chi connectivity index (χ3n) is 5.17. The van der Waals surface area contributed by atoms with Crippen molar-refractivity contribution in [3.05, 3.63) is 35.9 Å². The number of rotatable bonds is 7. The molecule has 144 valence electrons. The summed E-state index contributed by atoms with van der Waals surface area (Å²) in [4.78, 5) is 31.6. The first-order valence-electron chi connectivity index (χ1n) is 9.67. The van der Waals surface area contributed by atoms with Crippen molar-refractivity contribution in [1.82, 2.24) is 14.7 Å². The highest BCUT2D eigenvalue weighted by molar-refractivity contribution is 6.04. The van der Waals surface area contributed by atoms with E-state index in [1.54, 1.807) is 25.8 Å². The van der Waals surface area contributed by atoms with Crippen LogP contribution in [-0.2, 0) is 16.1 Å². The van der Waals surface area contributed by atoms with Crippen molar-refractivity contribution < 1.29 is 9.59 Å². The molecule has 5 heteroatoms. The normalized spacial score (nSPS) is 15.8. The highest BCUT2D eigenvalue weighted by atomic mass is 16.2. The Hall–Kier alpha value is -1.88. The van der Waals surface area contributed by atoms with Crippen LogP contribution in [0.2, 0.25) is 0 Å². The number of nitrogens with zero attached hydrogens (tertiary/aromatic N) is 3. The molecule has 26 heavy (non-hydrogen) atoms. The molecule has 1 aromatic rings. The van der Waals surface area contributed by atoms with E-state index >= 15 is 0 Å². The fourth-order valence-corrected chi connectivity index (χ4v) is 3.41. The van der Waals surface area contributed by atoms with Gasteiger partial charge in [-0.1, -0.05) is 43.7 Å². The zero-order valence-corrected chi connectivity index (χ0v) is 16.7. The maximum atomic E-state index is 13.0. The summed E-state index contributed by atoms with van der Waals surface area (Å²) in [5.74, 6) is -0.132. The highest BCUT2D eigenvalue weighted by Gasteiger charge is 2.41. The number of hydrogen-bond donors (Lipinski definition) is 0. The topological polar surface area (TPSA) is 43.9 Å². The van der Waals surface area contributed by atoms with Crippen LogP contribution in [0.3, 0.4) is 0 Å². The number of piperazine rings is 1. The lowest BCUT2D eigenvalue weighted by Crippen LogP contribution is -2.55. The van der Waals surface area contributed by atoms with Gasteiger partial charge in [0.15, 0.2) is 0 Å². The SMILES string of the molecule is CCCCN(C)C(=O)C(C)(C)C(=O)N1CCN(Cc2ccccc2)CC1. The predicted molar refractivity (Wildman–Crippen MR) is 105 cm³/mol. The number of carbonyl (C=O) groups is 2. The van der Waals surface area contributed by atoms with Crippen LogP contribution in [0.4, 0.5) is 0 Å². The zero-order valence-electron chi connectivity index (χ0n) is 16.7. The predicted octanol–water partition coefficient (Wildman–Crippen LogP) is 2.62. The van der Waals surface area contributed by atoms with Gasteiger partial charge in [0.2, 0.25) is 11.8 Å².